The molecule has 0 bridgehead atoms. The summed E-state index contributed by atoms with van der Waals surface area (Å²) in [4.78, 5) is 0. The zero-order valence-electron chi connectivity index (χ0n) is 6.40. The van der Waals surface area contributed by atoms with E-state index in [2.05, 4.69) is 0 Å². The normalized spacial score (nSPS) is 12.9. The van der Waals surface area contributed by atoms with Gasteiger partial charge in [-0.25, -0.2) is 0 Å². The Balaban J connectivity index is 2.39. The molecule has 0 spiro atoms. The fraction of sp³-hybridized carbons (Fsp3) is 0.333. The zero-order valence-corrected chi connectivity index (χ0v) is 6.40. The van der Waals surface area contributed by atoms with Crippen molar-refractivity contribution in [1.29, 1.82) is 0 Å². The summed E-state index contributed by atoms with van der Waals surface area (Å²) in [5.74, 6) is 0. The van der Waals surface area contributed by atoms with E-state index in [-0.39, 0.29) is 0 Å². The van der Waals surface area contributed by atoms with Crippen molar-refractivity contribution in [2.75, 3.05) is 0 Å². The molecule has 60 valence electrons. The largest absolute Gasteiger partial charge is 0.379 e. The maximum Gasteiger partial charge on any atom is 0.102 e. The highest BCUT2D eigenvalue weighted by Crippen LogP contribution is 2.02. The lowest BCUT2D eigenvalue weighted by Crippen LogP contribution is -2.19. The Morgan fingerprint density at radius 3 is 2.45 bits per heavy atom. The first-order valence-corrected chi connectivity index (χ1v) is 3.76. The molecule has 0 aromatic heterocycles. The van der Waals surface area contributed by atoms with Crippen LogP contribution in [0.25, 0.3) is 0 Å². The number of aliphatic hydroxyl groups is 1. The van der Waals surface area contributed by atoms with Crippen LogP contribution in [0.4, 0.5) is 0 Å². The van der Waals surface area contributed by atoms with Gasteiger partial charge in [-0.3, -0.25) is 0 Å². The van der Waals surface area contributed by atoms with Crippen LogP contribution in [-0.2, 0) is 6.42 Å². The van der Waals surface area contributed by atoms with Crippen LogP contribution in [-0.4, -0.2) is 11.3 Å². The molecule has 0 saturated heterocycles. The molecule has 0 aliphatic rings. The molecule has 0 fully saturated rings. The third-order valence-corrected chi connectivity index (χ3v) is 1.57. The molecular formula is C9H13NO. The van der Waals surface area contributed by atoms with Gasteiger partial charge in [0.2, 0.25) is 0 Å². The van der Waals surface area contributed by atoms with Crippen LogP contribution in [0.2, 0.25) is 0 Å². The highest BCUT2D eigenvalue weighted by Gasteiger charge is 1.95. The number of hydrogen-bond donors (Lipinski definition) is 2. The summed E-state index contributed by atoms with van der Waals surface area (Å²) >= 11 is 0. The monoisotopic (exact) mass is 151 g/mol. The van der Waals surface area contributed by atoms with E-state index in [9.17, 15) is 0 Å². The maximum absolute atomic E-state index is 8.79. The number of benzene rings is 1. The van der Waals surface area contributed by atoms with Gasteiger partial charge in [-0.05, 0) is 18.4 Å². The van der Waals surface area contributed by atoms with Gasteiger partial charge in [0.05, 0.1) is 0 Å². The van der Waals surface area contributed by atoms with E-state index in [4.69, 9.17) is 10.8 Å². The summed E-state index contributed by atoms with van der Waals surface area (Å²) < 4.78 is 0. The molecule has 3 N–H and O–H groups in total. The molecule has 0 saturated carbocycles. The Kier molecular flexibility index (Phi) is 3.08. The van der Waals surface area contributed by atoms with Crippen LogP contribution in [0.1, 0.15) is 12.0 Å². The second-order valence-corrected chi connectivity index (χ2v) is 2.59. The number of hydrogen-bond acceptors (Lipinski definition) is 2. The van der Waals surface area contributed by atoms with Crippen molar-refractivity contribution in [3.63, 3.8) is 0 Å². The Labute approximate surface area is 66.7 Å². The molecule has 0 aliphatic heterocycles. The first-order valence-electron chi connectivity index (χ1n) is 3.76. The minimum atomic E-state index is -0.685. The van der Waals surface area contributed by atoms with Gasteiger partial charge in [0.15, 0.2) is 0 Å². The van der Waals surface area contributed by atoms with Crippen molar-refractivity contribution >= 4 is 0 Å². The summed E-state index contributed by atoms with van der Waals surface area (Å²) in [5, 5.41) is 8.79. The van der Waals surface area contributed by atoms with Crippen molar-refractivity contribution in [3.8, 4) is 0 Å². The van der Waals surface area contributed by atoms with Gasteiger partial charge in [0.25, 0.3) is 0 Å². The van der Waals surface area contributed by atoms with Crippen LogP contribution in [0.15, 0.2) is 30.3 Å². The average molecular weight is 151 g/mol. The third-order valence-electron chi connectivity index (χ3n) is 1.57. The fourth-order valence-corrected chi connectivity index (χ4v) is 0.959. The Hall–Kier alpha value is -0.860. The summed E-state index contributed by atoms with van der Waals surface area (Å²) in [6.45, 7) is 0. The summed E-state index contributed by atoms with van der Waals surface area (Å²) in [7, 11) is 0. The van der Waals surface area contributed by atoms with Gasteiger partial charge >= 0.3 is 0 Å². The number of aliphatic hydroxyl groups excluding tert-OH is 1. The van der Waals surface area contributed by atoms with Gasteiger partial charge in [0, 0.05) is 0 Å². The lowest BCUT2D eigenvalue weighted by molar-refractivity contribution is 0.172. The van der Waals surface area contributed by atoms with Crippen LogP contribution in [0, 0.1) is 0 Å². The minimum Gasteiger partial charge on any atom is -0.379 e. The quantitative estimate of drug-likeness (QED) is 0.630. The molecule has 2 nitrogen and oxygen atoms in total. The molecule has 0 heterocycles. The molecule has 0 amide bonds. The highest BCUT2D eigenvalue weighted by atomic mass is 16.3. The van der Waals surface area contributed by atoms with E-state index in [0.29, 0.717) is 6.42 Å². The molecule has 0 aliphatic carbocycles. The number of aryl methyl sites for hydroxylation is 1. The van der Waals surface area contributed by atoms with E-state index in [1.165, 1.54) is 5.56 Å². The van der Waals surface area contributed by atoms with Crippen molar-refractivity contribution in [1.82, 2.24) is 0 Å². The van der Waals surface area contributed by atoms with Crippen LogP contribution >= 0.6 is 0 Å². The average Bonchev–Trinajstić information content (AvgIpc) is 2.03. The predicted octanol–water partition coefficient (Wildman–Crippen LogP) is 0.896. The van der Waals surface area contributed by atoms with Crippen molar-refractivity contribution in [2.45, 2.75) is 19.1 Å². The molecule has 0 radical (unpaired) electrons. The molecule has 1 aromatic rings. The molecule has 2 heteroatoms. The van der Waals surface area contributed by atoms with E-state index in [0.717, 1.165) is 6.42 Å². The van der Waals surface area contributed by atoms with Crippen molar-refractivity contribution in [2.24, 2.45) is 5.73 Å². The summed E-state index contributed by atoms with van der Waals surface area (Å²) in [6.07, 6.45) is 0.790. The molecule has 11 heavy (non-hydrogen) atoms. The smallest absolute Gasteiger partial charge is 0.102 e. The molecule has 1 rings (SSSR count). The topological polar surface area (TPSA) is 46.2 Å². The Morgan fingerprint density at radius 1 is 1.27 bits per heavy atom. The summed E-state index contributed by atoms with van der Waals surface area (Å²) in [5.41, 5.74) is 6.42. The van der Waals surface area contributed by atoms with E-state index in [1.807, 2.05) is 30.3 Å². The first kappa shape index (κ1) is 8.24. The molecule has 1 aromatic carbocycles. The SMILES string of the molecule is N[C@@H](O)CCc1ccccc1. The minimum absolute atomic E-state index is 0.629. The van der Waals surface area contributed by atoms with Crippen molar-refractivity contribution < 1.29 is 5.11 Å². The summed E-state index contributed by atoms with van der Waals surface area (Å²) in [6, 6.07) is 10.0. The predicted molar refractivity (Wildman–Crippen MR) is 45.0 cm³/mol. The van der Waals surface area contributed by atoms with Gasteiger partial charge in [-0.2, -0.15) is 0 Å². The Morgan fingerprint density at radius 2 is 1.91 bits per heavy atom. The molecular weight excluding hydrogens is 138 g/mol. The van der Waals surface area contributed by atoms with Gasteiger partial charge in [-0.15, -0.1) is 0 Å². The lowest BCUT2D eigenvalue weighted by atomic mass is 10.1. The van der Waals surface area contributed by atoms with Crippen molar-refractivity contribution in [3.05, 3.63) is 35.9 Å². The third kappa shape index (κ3) is 3.16. The standard InChI is InChI=1S/C9H13NO/c10-9(11)7-6-8-4-2-1-3-5-8/h1-5,9,11H,6-7,10H2/t9-/m0/s1. The van der Waals surface area contributed by atoms with Crippen LogP contribution in [0.5, 0.6) is 0 Å². The van der Waals surface area contributed by atoms with Crippen LogP contribution < -0.4 is 5.73 Å². The Bertz CT molecular complexity index is 196. The zero-order chi connectivity index (χ0) is 8.10. The lowest BCUT2D eigenvalue weighted by Gasteiger charge is -2.02. The van der Waals surface area contributed by atoms with Gasteiger partial charge < -0.3 is 10.8 Å². The van der Waals surface area contributed by atoms with Gasteiger partial charge in [0.1, 0.15) is 6.23 Å². The van der Waals surface area contributed by atoms with E-state index in [1.54, 1.807) is 0 Å². The molecule has 0 unspecified atom stereocenters. The van der Waals surface area contributed by atoms with E-state index < -0.39 is 6.23 Å². The fourth-order valence-electron chi connectivity index (χ4n) is 0.959. The second-order valence-electron chi connectivity index (χ2n) is 2.59. The van der Waals surface area contributed by atoms with E-state index >= 15 is 0 Å². The maximum atomic E-state index is 8.79. The first-order chi connectivity index (χ1) is 5.29. The molecule has 1 atom stereocenters. The van der Waals surface area contributed by atoms with Crippen LogP contribution in [0.3, 0.4) is 0 Å². The second kappa shape index (κ2) is 4.11. The van der Waals surface area contributed by atoms with Gasteiger partial charge in [-0.1, -0.05) is 30.3 Å². The number of rotatable bonds is 3. The number of nitrogens with two attached hydrogens (primary N) is 1. The highest BCUT2D eigenvalue weighted by molar-refractivity contribution is 5.14.